The van der Waals surface area contributed by atoms with Crippen LogP contribution >= 0.6 is 0 Å². The van der Waals surface area contributed by atoms with Gasteiger partial charge in [0.2, 0.25) is 0 Å². The van der Waals surface area contributed by atoms with Gasteiger partial charge >= 0.3 is 18.4 Å². The van der Waals surface area contributed by atoms with Gasteiger partial charge in [0.1, 0.15) is 5.75 Å². The standard InChI is InChI=1S/C34H41F6N3O5/c35-33(36,37)26-18-27(34(38,39)40)20-29(19-26)43-32(47)42-28-10-7-9-23(16-28)8-3-6-15-48-14-5-2-1-4-13-41-21-31(46)24-11-12-30(45)25(17-24)22-44/h7,9-12,16-20,31,41,44-46H,1-6,8,13-15,21-22H2,(H2,42,43,47)/t31-/m1/s1. The number of alkyl halides is 6. The highest BCUT2D eigenvalue weighted by Gasteiger charge is 2.37. The first-order valence-electron chi connectivity index (χ1n) is 15.6. The number of urea groups is 1. The van der Waals surface area contributed by atoms with E-state index in [2.05, 4.69) is 16.0 Å². The Morgan fingerprint density at radius 2 is 1.42 bits per heavy atom. The molecule has 3 rings (SSSR count). The molecule has 0 aliphatic carbocycles. The van der Waals surface area contributed by atoms with Crippen molar-refractivity contribution >= 4 is 17.4 Å². The van der Waals surface area contributed by atoms with Gasteiger partial charge in [0.25, 0.3) is 0 Å². The second-order valence-corrected chi connectivity index (χ2v) is 11.3. The molecule has 0 spiro atoms. The number of aliphatic hydroxyl groups excluding tert-OH is 2. The number of unbranched alkanes of at least 4 members (excludes halogenated alkanes) is 4. The molecule has 14 heteroatoms. The van der Waals surface area contributed by atoms with Gasteiger partial charge in [-0.1, -0.05) is 31.0 Å². The highest BCUT2D eigenvalue weighted by molar-refractivity contribution is 5.99. The molecule has 0 unspecified atom stereocenters. The largest absolute Gasteiger partial charge is 0.508 e. The van der Waals surface area contributed by atoms with Crippen LogP contribution in [0.5, 0.6) is 5.75 Å². The van der Waals surface area contributed by atoms with Crippen LogP contribution in [0.1, 0.15) is 72.4 Å². The third-order valence-electron chi connectivity index (χ3n) is 7.42. The van der Waals surface area contributed by atoms with Crippen LogP contribution in [0, 0.1) is 0 Å². The van der Waals surface area contributed by atoms with Gasteiger partial charge in [-0.2, -0.15) is 26.3 Å². The Balaban J connectivity index is 1.26. The number of hydrogen-bond acceptors (Lipinski definition) is 6. The fourth-order valence-corrected chi connectivity index (χ4v) is 4.86. The molecule has 0 heterocycles. The lowest BCUT2D eigenvalue weighted by atomic mass is 10.1. The molecule has 1 atom stereocenters. The number of aromatic hydroxyl groups is 1. The van der Waals surface area contributed by atoms with Crippen LogP contribution < -0.4 is 16.0 Å². The Kier molecular flexibility index (Phi) is 15.0. The highest BCUT2D eigenvalue weighted by atomic mass is 19.4. The van der Waals surface area contributed by atoms with E-state index in [1.54, 1.807) is 30.3 Å². The number of hydrogen-bond donors (Lipinski definition) is 6. The third-order valence-corrected chi connectivity index (χ3v) is 7.42. The highest BCUT2D eigenvalue weighted by Crippen LogP contribution is 2.37. The Bertz CT molecular complexity index is 1420. The minimum Gasteiger partial charge on any atom is -0.508 e. The molecule has 0 aliphatic rings. The van der Waals surface area contributed by atoms with Crippen molar-refractivity contribution in [1.29, 1.82) is 0 Å². The van der Waals surface area contributed by atoms with E-state index in [1.165, 1.54) is 6.07 Å². The molecule has 2 amide bonds. The molecular weight excluding hydrogens is 644 g/mol. The van der Waals surface area contributed by atoms with Crippen molar-refractivity contribution in [3.05, 3.63) is 88.5 Å². The summed E-state index contributed by atoms with van der Waals surface area (Å²) in [7, 11) is 0. The Morgan fingerprint density at radius 1 is 0.771 bits per heavy atom. The number of nitrogens with one attached hydrogen (secondary N) is 3. The smallest absolute Gasteiger partial charge is 0.416 e. The van der Waals surface area contributed by atoms with Crippen LogP contribution in [0.4, 0.5) is 42.5 Å². The average molecular weight is 686 g/mol. The zero-order valence-electron chi connectivity index (χ0n) is 26.3. The van der Waals surface area contributed by atoms with Crippen molar-refractivity contribution in [2.75, 3.05) is 36.9 Å². The van der Waals surface area contributed by atoms with E-state index < -0.39 is 41.3 Å². The number of aryl methyl sites for hydroxylation is 1. The minimum atomic E-state index is -5.02. The fraction of sp³-hybridized carbons (Fsp3) is 0.441. The summed E-state index contributed by atoms with van der Waals surface area (Å²) in [5.41, 5.74) is -1.46. The number of anilines is 2. The number of ether oxygens (including phenoxy) is 1. The van der Waals surface area contributed by atoms with Crippen molar-refractivity contribution < 1.29 is 51.2 Å². The first-order chi connectivity index (χ1) is 22.8. The first kappa shape index (κ1) is 38.6. The molecule has 6 N–H and O–H groups in total. The lowest BCUT2D eigenvalue weighted by Crippen LogP contribution is -2.22. The molecule has 0 radical (unpaired) electrons. The van der Waals surface area contributed by atoms with Gasteiger partial charge in [0, 0.05) is 36.7 Å². The number of rotatable bonds is 18. The maximum Gasteiger partial charge on any atom is 0.416 e. The third kappa shape index (κ3) is 13.3. The van der Waals surface area contributed by atoms with Gasteiger partial charge in [0.05, 0.1) is 23.8 Å². The summed E-state index contributed by atoms with van der Waals surface area (Å²) in [5, 5.41) is 36.9. The van der Waals surface area contributed by atoms with Crippen molar-refractivity contribution in [2.24, 2.45) is 0 Å². The molecule has 0 saturated heterocycles. The van der Waals surface area contributed by atoms with Gasteiger partial charge in [-0.25, -0.2) is 4.79 Å². The number of carbonyl (C=O) groups is 1. The maximum absolute atomic E-state index is 13.1. The van der Waals surface area contributed by atoms with Crippen LogP contribution in [0.25, 0.3) is 0 Å². The second kappa shape index (κ2) is 18.6. The lowest BCUT2D eigenvalue weighted by molar-refractivity contribution is -0.143. The number of aliphatic hydroxyl groups is 2. The Morgan fingerprint density at radius 3 is 2.08 bits per heavy atom. The molecule has 0 aromatic heterocycles. The fourth-order valence-electron chi connectivity index (χ4n) is 4.86. The van der Waals surface area contributed by atoms with Crippen molar-refractivity contribution in [1.82, 2.24) is 5.32 Å². The SMILES string of the molecule is O=C(Nc1cccc(CCCCOCCCCCCNC[C@@H](O)c2ccc(O)c(CO)c2)c1)Nc1cc(C(F)(F)F)cc(C(F)(F)F)c1. The molecule has 0 bridgehead atoms. The lowest BCUT2D eigenvalue weighted by Gasteiger charge is -2.15. The molecule has 0 fully saturated rings. The van der Waals surface area contributed by atoms with Gasteiger partial charge in [-0.05, 0) is 92.2 Å². The van der Waals surface area contributed by atoms with Crippen LogP contribution in [0.15, 0.2) is 60.7 Å². The minimum absolute atomic E-state index is 0.00390. The van der Waals surface area contributed by atoms with E-state index in [0.717, 1.165) is 50.6 Å². The maximum atomic E-state index is 13.1. The number of amides is 2. The topological polar surface area (TPSA) is 123 Å². The van der Waals surface area contributed by atoms with E-state index in [-0.39, 0.29) is 18.4 Å². The monoisotopic (exact) mass is 685 g/mol. The molecule has 3 aromatic carbocycles. The number of phenols is 1. The Hall–Kier alpha value is -3.85. The van der Waals surface area contributed by atoms with Gasteiger partial charge in [0.15, 0.2) is 0 Å². The van der Waals surface area contributed by atoms with E-state index in [9.17, 15) is 46.5 Å². The summed E-state index contributed by atoms with van der Waals surface area (Å²) < 4.78 is 84.3. The van der Waals surface area contributed by atoms with E-state index >= 15 is 0 Å². The summed E-state index contributed by atoms with van der Waals surface area (Å²) in [6.07, 6.45) is -4.60. The van der Waals surface area contributed by atoms with Crippen LogP contribution in [0.2, 0.25) is 0 Å². The first-order valence-corrected chi connectivity index (χ1v) is 15.6. The molecule has 8 nitrogen and oxygen atoms in total. The summed E-state index contributed by atoms with van der Waals surface area (Å²) >= 11 is 0. The van der Waals surface area contributed by atoms with E-state index in [0.29, 0.717) is 55.1 Å². The molecule has 0 aliphatic heterocycles. The zero-order valence-corrected chi connectivity index (χ0v) is 26.3. The van der Waals surface area contributed by atoms with E-state index in [1.807, 2.05) is 6.07 Å². The van der Waals surface area contributed by atoms with E-state index in [4.69, 9.17) is 4.74 Å². The van der Waals surface area contributed by atoms with Gasteiger partial charge in [-0.15, -0.1) is 0 Å². The summed E-state index contributed by atoms with van der Waals surface area (Å²) in [5.74, 6) is -0.00390. The summed E-state index contributed by atoms with van der Waals surface area (Å²) in [6.45, 7) is 2.05. The predicted octanol–water partition coefficient (Wildman–Crippen LogP) is 7.79. The molecular formula is C34H41F6N3O5. The van der Waals surface area contributed by atoms with Crippen LogP contribution in [-0.2, 0) is 30.1 Å². The zero-order chi connectivity index (χ0) is 35.2. The normalized spacial score (nSPS) is 12.6. The predicted molar refractivity (Wildman–Crippen MR) is 170 cm³/mol. The van der Waals surface area contributed by atoms with Crippen molar-refractivity contribution in [2.45, 2.75) is 70.0 Å². The van der Waals surface area contributed by atoms with Gasteiger partial charge in [-0.3, -0.25) is 0 Å². The number of carbonyl (C=O) groups excluding carboxylic acids is 1. The molecule has 3 aromatic rings. The van der Waals surface area contributed by atoms with Crippen LogP contribution in [-0.4, -0.2) is 47.7 Å². The van der Waals surface area contributed by atoms with Crippen LogP contribution in [0.3, 0.4) is 0 Å². The van der Waals surface area contributed by atoms with Crippen molar-refractivity contribution in [3.8, 4) is 5.75 Å². The van der Waals surface area contributed by atoms with Crippen molar-refractivity contribution in [3.63, 3.8) is 0 Å². The second-order valence-electron chi connectivity index (χ2n) is 11.3. The summed E-state index contributed by atoms with van der Waals surface area (Å²) in [6, 6.07) is 11.3. The molecule has 48 heavy (non-hydrogen) atoms. The number of benzene rings is 3. The average Bonchev–Trinajstić information content (AvgIpc) is 3.02. The van der Waals surface area contributed by atoms with Gasteiger partial charge < -0.3 is 36.0 Å². The molecule has 0 saturated carbocycles. The number of halogens is 6. The summed E-state index contributed by atoms with van der Waals surface area (Å²) in [4.78, 5) is 12.4. The Labute approximate surface area is 275 Å². The molecule has 264 valence electrons. The quantitative estimate of drug-likeness (QED) is 0.0601.